The highest BCUT2D eigenvalue weighted by Crippen LogP contribution is 1.97. The molecular weight excluding hydrogens is 152 g/mol. The number of rotatable bonds is 3. The van der Waals surface area contributed by atoms with Crippen LogP contribution >= 0.6 is 0 Å². The van der Waals surface area contributed by atoms with E-state index in [-0.39, 0.29) is 0 Å². The summed E-state index contributed by atoms with van der Waals surface area (Å²) in [5, 5.41) is 11.5. The zero-order chi connectivity index (χ0) is 8.81. The molecule has 0 bridgehead atoms. The number of hydrogen-bond donors (Lipinski definition) is 1. The fourth-order valence-corrected chi connectivity index (χ4v) is 0.714. The van der Waals surface area contributed by atoms with Gasteiger partial charge in [-0.2, -0.15) is 5.26 Å². The fourth-order valence-electron chi connectivity index (χ4n) is 0.714. The van der Waals surface area contributed by atoms with Crippen LogP contribution in [0.1, 0.15) is 18.9 Å². The van der Waals surface area contributed by atoms with E-state index in [1.165, 1.54) is 12.4 Å². The molecule has 0 atom stereocenters. The Morgan fingerprint density at radius 2 is 2.17 bits per heavy atom. The second kappa shape index (κ2) is 4.29. The average Bonchev–Trinajstić information content (AvgIpc) is 2.15. The quantitative estimate of drug-likeness (QED) is 0.724. The van der Waals surface area contributed by atoms with E-state index in [1.54, 1.807) is 0 Å². The molecule has 1 N–H and O–H groups in total. The maximum absolute atomic E-state index is 8.45. The molecule has 0 radical (unpaired) electrons. The minimum atomic E-state index is 0.483. The Labute approximate surface area is 71.3 Å². The molecule has 1 rings (SSSR count). The SMILES string of the molecule is CCCNc1ncc(C#N)cn1. The zero-order valence-corrected chi connectivity index (χ0v) is 6.91. The predicted octanol–water partition coefficient (Wildman–Crippen LogP) is 1.17. The van der Waals surface area contributed by atoms with E-state index in [9.17, 15) is 0 Å². The lowest BCUT2D eigenvalue weighted by Crippen LogP contribution is -2.03. The number of nitriles is 1. The summed E-state index contributed by atoms with van der Waals surface area (Å²) in [6.07, 6.45) is 4.04. The van der Waals surface area contributed by atoms with Crippen LogP contribution in [-0.4, -0.2) is 16.5 Å². The van der Waals surface area contributed by atoms with Gasteiger partial charge in [-0.05, 0) is 6.42 Å². The number of hydrogen-bond acceptors (Lipinski definition) is 4. The fraction of sp³-hybridized carbons (Fsp3) is 0.375. The maximum Gasteiger partial charge on any atom is 0.222 e. The lowest BCUT2D eigenvalue weighted by Gasteiger charge is -2.00. The molecule has 4 nitrogen and oxygen atoms in total. The summed E-state index contributed by atoms with van der Waals surface area (Å²) in [4.78, 5) is 7.88. The summed E-state index contributed by atoms with van der Waals surface area (Å²) >= 11 is 0. The molecule has 0 unspecified atom stereocenters. The molecule has 62 valence electrons. The molecule has 12 heavy (non-hydrogen) atoms. The third kappa shape index (κ3) is 2.20. The molecule has 0 fully saturated rings. The monoisotopic (exact) mass is 162 g/mol. The van der Waals surface area contributed by atoms with Crippen molar-refractivity contribution in [3.63, 3.8) is 0 Å². The first-order valence-corrected chi connectivity index (χ1v) is 3.83. The molecule has 1 aromatic heterocycles. The summed E-state index contributed by atoms with van der Waals surface area (Å²) < 4.78 is 0. The lowest BCUT2D eigenvalue weighted by molar-refractivity contribution is 0.951. The number of aromatic nitrogens is 2. The summed E-state index contributed by atoms with van der Waals surface area (Å²) in [7, 11) is 0. The standard InChI is InChI=1S/C8H10N4/c1-2-3-10-8-11-5-7(4-9)6-12-8/h5-6H,2-3H2,1H3,(H,10,11,12). The minimum Gasteiger partial charge on any atom is -0.354 e. The van der Waals surface area contributed by atoms with Gasteiger partial charge < -0.3 is 5.32 Å². The van der Waals surface area contributed by atoms with Crippen LogP contribution in [0.5, 0.6) is 0 Å². The van der Waals surface area contributed by atoms with Crippen molar-refractivity contribution in [2.24, 2.45) is 0 Å². The van der Waals surface area contributed by atoms with Crippen LogP contribution in [0, 0.1) is 11.3 Å². The summed E-state index contributed by atoms with van der Waals surface area (Å²) in [5.74, 6) is 0.579. The summed E-state index contributed by atoms with van der Waals surface area (Å²) in [5.41, 5.74) is 0.483. The van der Waals surface area contributed by atoms with Gasteiger partial charge in [0.25, 0.3) is 0 Å². The molecular formula is C8H10N4. The van der Waals surface area contributed by atoms with Crippen molar-refractivity contribution in [2.75, 3.05) is 11.9 Å². The van der Waals surface area contributed by atoms with Crippen molar-refractivity contribution in [1.82, 2.24) is 9.97 Å². The molecule has 0 saturated heterocycles. The first kappa shape index (κ1) is 8.47. The van der Waals surface area contributed by atoms with Gasteiger partial charge in [-0.3, -0.25) is 0 Å². The summed E-state index contributed by atoms with van der Waals surface area (Å²) in [6, 6.07) is 1.96. The van der Waals surface area contributed by atoms with E-state index in [2.05, 4.69) is 22.2 Å². The lowest BCUT2D eigenvalue weighted by atomic mass is 10.4. The number of nitrogens with one attached hydrogen (secondary N) is 1. The molecule has 0 spiro atoms. The van der Waals surface area contributed by atoms with Crippen LogP contribution in [-0.2, 0) is 0 Å². The highest BCUT2D eigenvalue weighted by atomic mass is 15.1. The van der Waals surface area contributed by atoms with Gasteiger partial charge in [-0.15, -0.1) is 0 Å². The topological polar surface area (TPSA) is 61.6 Å². The van der Waals surface area contributed by atoms with Gasteiger partial charge in [-0.1, -0.05) is 6.92 Å². The second-order valence-electron chi connectivity index (χ2n) is 2.33. The third-order valence-electron chi connectivity index (χ3n) is 1.31. The van der Waals surface area contributed by atoms with Crippen LogP contribution in [0.4, 0.5) is 5.95 Å². The normalized spacial score (nSPS) is 9.00. The maximum atomic E-state index is 8.45. The molecule has 1 aromatic rings. The Kier molecular flexibility index (Phi) is 3.03. The van der Waals surface area contributed by atoms with Crippen LogP contribution in [0.3, 0.4) is 0 Å². The first-order chi connectivity index (χ1) is 5.86. The Morgan fingerprint density at radius 1 is 1.50 bits per heavy atom. The van der Waals surface area contributed by atoms with Gasteiger partial charge in [0.05, 0.1) is 18.0 Å². The van der Waals surface area contributed by atoms with E-state index in [0.717, 1.165) is 13.0 Å². The van der Waals surface area contributed by atoms with Gasteiger partial charge in [0.2, 0.25) is 5.95 Å². The van der Waals surface area contributed by atoms with Crippen LogP contribution in [0.15, 0.2) is 12.4 Å². The van der Waals surface area contributed by atoms with Crippen LogP contribution < -0.4 is 5.32 Å². The average molecular weight is 162 g/mol. The van der Waals surface area contributed by atoms with E-state index < -0.39 is 0 Å². The Morgan fingerprint density at radius 3 is 2.67 bits per heavy atom. The van der Waals surface area contributed by atoms with Crippen molar-refractivity contribution < 1.29 is 0 Å². The van der Waals surface area contributed by atoms with Gasteiger partial charge in [-0.25, -0.2) is 9.97 Å². The van der Waals surface area contributed by atoms with Gasteiger partial charge in [0.1, 0.15) is 6.07 Å². The molecule has 0 saturated carbocycles. The molecule has 0 amide bonds. The molecule has 0 aliphatic heterocycles. The first-order valence-electron chi connectivity index (χ1n) is 3.83. The molecule has 0 aromatic carbocycles. The highest BCUT2D eigenvalue weighted by Gasteiger charge is 1.93. The number of nitrogens with zero attached hydrogens (tertiary/aromatic N) is 3. The van der Waals surface area contributed by atoms with E-state index in [1.807, 2.05) is 6.07 Å². The van der Waals surface area contributed by atoms with Gasteiger partial charge in [0.15, 0.2) is 0 Å². The molecule has 0 aliphatic rings. The second-order valence-corrected chi connectivity index (χ2v) is 2.33. The minimum absolute atomic E-state index is 0.483. The van der Waals surface area contributed by atoms with Crippen LogP contribution in [0.2, 0.25) is 0 Å². The van der Waals surface area contributed by atoms with E-state index in [0.29, 0.717) is 11.5 Å². The number of anilines is 1. The van der Waals surface area contributed by atoms with Gasteiger partial charge >= 0.3 is 0 Å². The van der Waals surface area contributed by atoms with Crippen molar-refractivity contribution in [1.29, 1.82) is 5.26 Å². The Balaban J connectivity index is 2.60. The van der Waals surface area contributed by atoms with E-state index in [4.69, 9.17) is 5.26 Å². The smallest absolute Gasteiger partial charge is 0.222 e. The van der Waals surface area contributed by atoms with Crippen molar-refractivity contribution in [3.05, 3.63) is 18.0 Å². The molecule has 4 heteroatoms. The molecule has 0 aliphatic carbocycles. The van der Waals surface area contributed by atoms with Crippen molar-refractivity contribution in [3.8, 4) is 6.07 Å². The van der Waals surface area contributed by atoms with Crippen molar-refractivity contribution >= 4 is 5.95 Å². The Bertz CT molecular complexity index is 272. The predicted molar refractivity (Wildman–Crippen MR) is 45.5 cm³/mol. The summed E-state index contributed by atoms with van der Waals surface area (Å²) in [6.45, 7) is 2.92. The van der Waals surface area contributed by atoms with E-state index >= 15 is 0 Å². The van der Waals surface area contributed by atoms with Gasteiger partial charge in [0, 0.05) is 6.54 Å². The third-order valence-corrected chi connectivity index (χ3v) is 1.31. The molecule has 1 heterocycles. The van der Waals surface area contributed by atoms with Crippen molar-refractivity contribution in [2.45, 2.75) is 13.3 Å². The Hall–Kier alpha value is -1.63. The largest absolute Gasteiger partial charge is 0.354 e. The highest BCUT2D eigenvalue weighted by molar-refractivity contribution is 5.29. The van der Waals surface area contributed by atoms with Crippen LogP contribution in [0.25, 0.3) is 0 Å². The zero-order valence-electron chi connectivity index (χ0n) is 6.91.